The van der Waals surface area contributed by atoms with Crippen molar-refractivity contribution in [3.05, 3.63) is 81.8 Å². The van der Waals surface area contributed by atoms with Gasteiger partial charge >= 0.3 is 26.1 Å². The van der Waals surface area contributed by atoms with Gasteiger partial charge in [0.25, 0.3) is 0 Å². The Morgan fingerprint density at radius 3 is 1.77 bits per heavy atom. The molecule has 9 nitrogen and oxygen atoms in total. The smallest absolute Gasteiger partial charge is 0.470 e. The van der Waals surface area contributed by atoms with Gasteiger partial charge in [0.15, 0.2) is 11.9 Å². The number of ether oxygens (including phenoxy) is 3. The van der Waals surface area contributed by atoms with Crippen molar-refractivity contribution < 1.29 is 78.1 Å². The number of benzene rings is 2. The van der Waals surface area contributed by atoms with Gasteiger partial charge in [0.1, 0.15) is 31.0 Å². The highest BCUT2D eigenvalue weighted by Gasteiger charge is 2.46. The number of rotatable bonds is 10. The van der Waals surface area contributed by atoms with Gasteiger partial charge in [0.05, 0.1) is 17.7 Å². The minimum absolute atomic E-state index is 0.498. The van der Waals surface area contributed by atoms with Gasteiger partial charge < -0.3 is 29.1 Å². The van der Waals surface area contributed by atoms with E-state index in [1.165, 1.54) is 0 Å². The minimum Gasteiger partial charge on any atom is -0.485 e. The maximum Gasteiger partial charge on any atom is 0.470 e. The Morgan fingerprint density at radius 1 is 0.875 bits per heavy atom. The highest BCUT2D eigenvalue weighted by molar-refractivity contribution is 7.46. The Hall–Kier alpha value is -3.24. The minimum atomic E-state index is -5.40. The zero-order valence-corrected chi connectivity index (χ0v) is 20.4. The molecule has 0 spiro atoms. The molecule has 2 unspecified atom stereocenters. The summed E-state index contributed by atoms with van der Waals surface area (Å²) < 4.78 is 139. The molecule has 18 heteroatoms. The normalized spacial score (nSPS) is 17.2. The number of esters is 1. The number of phosphoric acid groups is 1. The molecule has 220 valence electrons. The van der Waals surface area contributed by atoms with Crippen LogP contribution in [0.1, 0.15) is 22.3 Å². The fourth-order valence-electron chi connectivity index (χ4n) is 3.65. The highest BCUT2D eigenvalue weighted by Crippen LogP contribution is 2.42. The van der Waals surface area contributed by atoms with E-state index in [4.69, 9.17) is 24.0 Å². The largest absolute Gasteiger partial charge is 0.485 e. The zero-order chi connectivity index (χ0) is 30.0. The summed E-state index contributed by atoms with van der Waals surface area (Å²) in [4.78, 5) is 30.7. The topological polar surface area (TPSA) is 132 Å². The van der Waals surface area contributed by atoms with Gasteiger partial charge in [0, 0.05) is 11.1 Å². The van der Waals surface area contributed by atoms with Crippen molar-refractivity contribution in [1.29, 1.82) is 0 Å². The molecule has 0 saturated carbocycles. The number of carbonyl (C=O) groups excluding carboxylic acids is 1. The van der Waals surface area contributed by atoms with E-state index in [0.29, 0.717) is 12.1 Å². The van der Waals surface area contributed by atoms with Gasteiger partial charge in [-0.2, -0.15) is 26.3 Å². The Bertz CT molecular complexity index is 1340. The van der Waals surface area contributed by atoms with Gasteiger partial charge in [-0.15, -0.1) is 0 Å². The van der Waals surface area contributed by atoms with Crippen molar-refractivity contribution in [2.75, 3.05) is 6.61 Å². The molecule has 0 bridgehead atoms. The number of phosphoric ester groups is 1. The van der Waals surface area contributed by atoms with Crippen molar-refractivity contribution in [3.63, 3.8) is 0 Å². The third kappa shape index (κ3) is 7.28. The maximum absolute atomic E-state index is 14.0. The number of aliphatic hydroxyl groups excluding tert-OH is 1. The molecule has 0 radical (unpaired) electrons. The number of alkyl halides is 6. The van der Waals surface area contributed by atoms with E-state index in [1.54, 1.807) is 0 Å². The van der Waals surface area contributed by atoms with Crippen LogP contribution in [-0.2, 0) is 53.7 Å². The van der Waals surface area contributed by atoms with Gasteiger partial charge in [-0.25, -0.2) is 18.1 Å². The van der Waals surface area contributed by atoms with E-state index in [0.717, 1.165) is 24.3 Å². The average Bonchev–Trinajstić information content (AvgIpc) is 3.12. The molecule has 3 N–H and O–H groups in total. The van der Waals surface area contributed by atoms with Crippen LogP contribution in [0.5, 0.6) is 0 Å². The summed E-state index contributed by atoms with van der Waals surface area (Å²) in [5.41, 5.74) is -5.18. The summed E-state index contributed by atoms with van der Waals surface area (Å²) in [6, 6.07) is 4.36. The SMILES string of the molecule is O=C1OC(C(CO)OP(=O)(O)O)C(OCc2cccc(F)c2C(F)(F)F)=C1OCc1cccc(F)c1C(F)(F)F. The lowest BCUT2D eigenvalue weighted by Crippen LogP contribution is -2.34. The van der Waals surface area contributed by atoms with Crippen LogP contribution in [0, 0.1) is 11.6 Å². The van der Waals surface area contributed by atoms with E-state index in [1.807, 2.05) is 0 Å². The van der Waals surface area contributed by atoms with E-state index >= 15 is 0 Å². The first-order valence-corrected chi connectivity index (χ1v) is 12.2. The van der Waals surface area contributed by atoms with Gasteiger partial charge in [0.2, 0.25) is 5.76 Å². The van der Waals surface area contributed by atoms with E-state index < -0.39 is 104 Å². The van der Waals surface area contributed by atoms with Gasteiger partial charge in [-0.3, -0.25) is 4.52 Å². The molecule has 0 amide bonds. The monoisotopic (exact) mass is 608 g/mol. The summed E-state index contributed by atoms with van der Waals surface area (Å²) >= 11 is 0. The van der Waals surface area contributed by atoms with Gasteiger partial charge in [-0.05, 0) is 12.1 Å². The fraction of sp³-hybridized carbons (Fsp3) is 0.318. The van der Waals surface area contributed by atoms with Crippen molar-refractivity contribution in [2.24, 2.45) is 0 Å². The zero-order valence-electron chi connectivity index (χ0n) is 19.5. The second-order valence-electron chi connectivity index (χ2n) is 7.96. The molecule has 0 aromatic heterocycles. The summed E-state index contributed by atoms with van der Waals surface area (Å²) in [6.45, 7) is -3.63. The number of cyclic esters (lactones) is 1. The van der Waals surface area contributed by atoms with Crippen LogP contribution < -0.4 is 0 Å². The van der Waals surface area contributed by atoms with Crippen LogP contribution in [0.2, 0.25) is 0 Å². The Morgan fingerprint density at radius 2 is 1.35 bits per heavy atom. The molecular formula is C22H17F8O9P. The number of halogens is 8. The van der Waals surface area contributed by atoms with E-state index in [2.05, 4.69) is 4.52 Å². The van der Waals surface area contributed by atoms with Crippen LogP contribution in [-0.4, -0.2) is 39.7 Å². The third-order valence-electron chi connectivity index (χ3n) is 5.21. The lowest BCUT2D eigenvalue weighted by Gasteiger charge is -2.23. The highest BCUT2D eigenvalue weighted by atomic mass is 31.2. The van der Waals surface area contributed by atoms with E-state index in [-0.39, 0.29) is 0 Å². The second-order valence-corrected chi connectivity index (χ2v) is 9.15. The third-order valence-corrected chi connectivity index (χ3v) is 5.76. The molecule has 1 aliphatic heterocycles. The average molecular weight is 608 g/mol. The molecule has 0 fully saturated rings. The molecular weight excluding hydrogens is 591 g/mol. The second kappa shape index (κ2) is 11.7. The van der Waals surface area contributed by atoms with Gasteiger partial charge in [-0.1, -0.05) is 24.3 Å². The molecule has 1 aliphatic rings. The maximum atomic E-state index is 14.0. The lowest BCUT2D eigenvalue weighted by atomic mass is 10.1. The van der Waals surface area contributed by atoms with Crippen molar-refractivity contribution >= 4 is 13.8 Å². The molecule has 2 aromatic rings. The number of aliphatic hydroxyl groups is 1. The quantitative estimate of drug-likeness (QED) is 0.205. The number of hydrogen-bond donors (Lipinski definition) is 3. The van der Waals surface area contributed by atoms with Crippen LogP contribution in [0.25, 0.3) is 0 Å². The van der Waals surface area contributed by atoms with Crippen molar-refractivity contribution in [3.8, 4) is 0 Å². The standard InChI is InChI=1S/C22H17F8O9P/c23-12-5-1-3-10(15(12)21(25,26)27)8-36-18-17(14(7-31)39-40(33,34)35)38-20(32)19(18)37-9-11-4-2-6-13(24)16(11)22(28,29)30/h1-6,14,17,31H,7-9H2,(H2,33,34,35). The van der Waals surface area contributed by atoms with Crippen LogP contribution in [0.3, 0.4) is 0 Å². The predicted molar refractivity (Wildman–Crippen MR) is 113 cm³/mol. The van der Waals surface area contributed by atoms with Crippen LogP contribution >= 0.6 is 7.82 Å². The first kappa shape index (κ1) is 31.3. The Labute approximate surface area is 218 Å². The Kier molecular flexibility index (Phi) is 9.16. The van der Waals surface area contributed by atoms with Crippen LogP contribution in [0.4, 0.5) is 35.1 Å². The van der Waals surface area contributed by atoms with E-state index in [9.17, 15) is 49.6 Å². The predicted octanol–water partition coefficient (Wildman–Crippen LogP) is 4.34. The van der Waals surface area contributed by atoms with Crippen molar-refractivity contribution in [1.82, 2.24) is 0 Å². The lowest BCUT2D eigenvalue weighted by molar-refractivity contribution is -0.148. The molecule has 0 saturated heterocycles. The van der Waals surface area contributed by atoms with Crippen LogP contribution in [0.15, 0.2) is 47.9 Å². The van der Waals surface area contributed by atoms with Crippen molar-refractivity contribution in [2.45, 2.75) is 37.8 Å². The molecule has 2 atom stereocenters. The first-order valence-electron chi connectivity index (χ1n) is 10.7. The number of carbonyl (C=O) groups is 1. The first-order chi connectivity index (χ1) is 18.4. The summed E-state index contributed by atoms with van der Waals surface area (Å²) in [5, 5.41) is 9.53. The summed E-state index contributed by atoms with van der Waals surface area (Å²) in [7, 11) is -5.40. The molecule has 1 heterocycles. The fourth-order valence-corrected chi connectivity index (χ4v) is 4.18. The summed E-state index contributed by atoms with van der Waals surface area (Å²) in [5.74, 6) is -6.99. The molecule has 40 heavy (non-hydrogen) atoms. The number of hydrogen-bond acceptors (Lipinski definition) is 7. The molecule has 3 rings (SSSR count). The summed E-state index contributed by atoms with van der Waals surface area (Å²) in [6.07, 6.45) is -14.6. The molecule has 0 aliphatic carbocycles. The molecule has 2 aromatic carbocycles. The Balaban J connectivity index is 2.03.